The number of hydrogen-bond acceptors (Lipinski definition) is 4. The van der Waals surface area contributed by atoms with Gasteiger partial charge in [-0.25, -0.2) is 9.97 Å². The molecule has 0 unspecified atom stereocenters. The minimum absolute atomic E-state index is 0.327. The van der Waals surface area contributed by atoms with Crippen molar-refractivity contribution in [1.29, 1.82) is 0 Å². The average Bonchev–Trinajstić information content (AvgIpc) is 2.55. The number of carbonyl (C=O) groups excluding carboxylic acids is 1. The highest BCUT2D eigenvalue weighted by atomic mass is 35.5. The number of hydrogen-bond donors (Lipinski definition) is 2. The first kappa shape index (κ1) is 17.5. The van der Waals surface area contributed by atoms with Gasteiger partial charge in [-0.3, -0.25) is 4.79 Å². The first-order valence-electron chi connectivity index (χ1n) is 7.42. The fourth-order valence-electron chi connectivity index (χ4n) is 1.90. The lowest BCUT2D eigenvalue weighted by molar-refractivity contribution is 0.102. The van der Waals surface area contributed by atoms with Crippen molar-refractivity contribution in [2.45, 2.75) is 26.2 Å². The quantitative estimate of drug-likeness (QED) is 0.712. The van der Waals surface area contributed by atoms with Crippen molar-refractivity contribution < 1.29 is 4.79 Å². The summed E-state index contributed by atoms with van der Waals surface area (Å²) >= 11 is 11.9. The topological polar surface area (TPSA) is 66.9 Å². The molecule has 0 radical (unpaired) electrons. The molecule has 23 heavy (non-hydrogen) atoms. The van der Waals surface area contributed by atoms with Crippen molar-refractivity contribution in [2.24, 2.45) is 0 Å². The van der Waals surface area contributed by atoms with Gasteiger partial charge in [-0.2, -0.15) is 0 Å². The zero-order chi connectivity index (χ0) is 16.7. The summed E-state index contributed by atoms with van der Waals surface area (Å²) in [6.07, 6.45) is 6.35. The van der Waals surface area contributed by atoms with Crippen LogP contribution in [0.5, 0.6) is 0 Å². The number of amides is 1. The van der Waals surface area contributed by atoms with Crippen LogP contribution in [0.4, 0.5) is 11.6 Å². The molecule has 0 spiro atoms. The lowest BCUT2D eigenvalue weighted by atomic mass is 10.2. The maximum absolute atomic E-state index is 12.2. The number of halogens is 2. The second kappa shape index (κ2) is 8.70. The number of nitrogens with zero attached hydrogens (tertiary/aromatic N) is 2. The molecule has 1 aromatic heterocycles. The molecule has 0 aliphatic heterocycles. The van der Waals surface area contributed by atoms with Crippen molar-refractivity contribution in [3.8, 4) is 0 Å². The summed E-state index contributed by atoms with van der Waals surface area (Å²) in [5, 5.41) is 6.71. The third-order valence-corrected chi connectivity index (χ3v) is 3.70. The van der Waals surface area contributed by atoms with Crippen LogP contribution in [-0.4, -0.2) is 22.4 Å². The van der Waals surface area contributed by atoms with Gasteiger partial charge in [0.1, 0.15) is 0 Å². The largest absolute Gasteiger partial charge is 0.354 e. The van der Waals surface area contributed by atoms with Crippen molar-refractivity contribution >= 4 is 40.7 Å². The zero-order valence-corrected chi connectivity index (χ0v) is 14.3. The number of rotatable bonds is 7. The Kier molecular flexibility index (Phi) is 6.62. The lowest BCUT2D eigenvalue weighted by Crippen LogP contribution is -2.14. The van der Waals surface area contributed by atoms with E-state index in [4.69, 9.17) is 23.2 Å². The van der Waals surface area contributed by atoms with Gasteiger partial charge in [0.25, 0.3) is 5.91 Å². The number of nitrogens with one attached hydrogen (secondary N) is 2. The monoisotopic (exact) mass is 352 g/mol. The van der Waals surface area contributed by atoms with Gasteiger partial charge >= 0.3 is 0 Å². The van der Waals surface area contributed by atoms with Crippen LogP contribution in [0, 0.1) is 0 Å². The summed E-state index contributed by atoms with van der Waals surface area (Å²) in [6, 6.07) is 4.87. The summed E-state index contributed by atoms with van der Waals surface area (Å²) in [5.74, 6) is 0.189. The van der Waals surface area contributed by atoms with E-state index in [1.807, 2.05) is 0 Å². The predicted molar refractivity (Wildman–Crippen MR) is 94.5 cm³/mol. The van der Waals surface area contributed by atoms with Gasteiger partial charge in [0, 0.05) is 24.0 Å². The molecule has 2 rings (SSSR count). The maximum Gasteiger partial charge on any atom is 0.258 e. The van der Waals surface area contributed by atoms with Crippen LogP contribution in [0.15, 0.2) is 30.6 Å². The molecule has 2 aromatic rings. The van der Waals surface area contributed by atoms with Crippen LogP contribution in [0.3, 0.4) is 0 Å². The molecule has 1 amide bonds. The highest BCUT2D eigenvalue weighted by molar-refractivity contribution is 6.36. The summed E-state index contributed by atoms with van der Waals surface area (Å²) in [5.41, 5.74) is 0.845. The third-order valence-electron chi connectivity index (χ3n) is 3.16. The van der Waals surface area contributed by atoms with Gasteiger partial charge in [0.05, 0.1) is 16.3 Å². The van der Waals surface area contributed by atoms with Gasteiger partial charge in [-0.1, -0.05) is 43.0 Å². The van der Waals surface area contributed by atoms with E-state index >= 15 is 0 Å². The van der Waals surface area contributed by atoms with E-state index in [9.17, 15) is 4.79 Å². The molecule has 2 N–H and O–H groups in total. The number of anilines is 2. The Balaban J connectivity index is 1.94. The number of aromatic nitrogens is 2. The van der Waals surface area contributed by atoms with E-state index in [0.717, 1.165) is 25.8 Å². The summed E-state index contributed by atoms with van der Waals surface area (Å²) in [4.78, 5) is 20.4. The van der Waals surface area contributed by atoms with Crippen LogP contribution in [0.1, 0.15) is 36.5 Å². The Bertz CT molecular complexity index is 662. The highest BCUT2D eigenvalue weighted by Crippen LogP contribution is 2.25. The second-order valence-electron chi connectivity index (χ2n) is 5.01. The third kappa shape index (κ3) is 5.37. The van der Waals surface area contributed by atoms with Crippen molar-refractivity contribution in [3.63, 3.8) is 0 Å². The van der Waals surface area contributed by atoms with Crippen molar-refractivity contribution in [1.82, 2.24) is 9.97 Å². The van der Waals surface area contributed by atoms with Gasteiger partial charge < -0.3 is 10.6 Å². The fraction of sp³-hybridized carbons (Fsp3) is 0.312. The molecule has 1 heterocycles. The van der Waals surface area contributed by atoms with E-state index in [1.54, 1.807) is 18.2 Å². The van der Waals surface area contributed by atoms with Gasteiger partial charge in [0.2, 0.25) is 5.95 Å². The second-order valence-corrected chi connectivity index (χ2v) is 5.85. The molecule has 7 heteroatoms. The van der Waals surface area contributed by atoms with Gasteiger partial charge in [0.15, 0.2) is 0 Å². The Hall–Kier alpha value is -1.85. The zero-order valence-electron chi connectivity index (χ0n) is 12.8. The Morgan fingerprint density at radius 2 is 1.91 bits per heavy atom. The van der Waals surface area contributed by atoms with Gasteiger partial charge in [-0.05, 0) is 24.6 Å². The molecule has 0 fully saturated rings. The Morgan fingerprint density at radius 3 is 2.57 bits per heavy atom. The van der Waals surface area contributed by atoms with Crippen molar-refractivity contribution in [2.75, 3.05) is 17.2 Å². The highest BCUT2D eigenvalue weighted by Gasteiger charge is 2.10. The smallest absolute Gasteiger partial charge is 0.258 e. The number of benzene rings is 1. The molecule has 0 saturated carbocycles. The molecule has 5 nitrogen and oxygen atoms in total. The maximum atomic E-state index is 12.2. The molecular weight excluding hydrogens is 335 g/mol. The number of carbonyl (C=O) groups is 1. The molecule has 0 aliphatic carbocycles. The van der Waals surface area contributed by atoms with Crippen molar-refractivity contribution in [3.05, 3.63) is 46.2 Å². The number of unbranched alkanes of at least 4 members (excludes halogenated alkanes) is 2. The van der Waals surface area contributed by atoms with Crippen LogP contribution >= 0.6 is 23.2 Å². The average molecular weight is 353 g/mol. The first-order valence-corrected chi connectivity index (χ1v) is 8.18. The standard InChI is InChI=1S/C16H18Cl2N4O/c1-2-3-4-7-19-16-20-9-11(10-21-16)15(23)22-14-6-5-12(17)8-13(14)18/h5-6,8-10H,2-4,7H2,1H3,(H,22,23)(H,19,20,21). The molecule has 0 atom stereocenters. The molecular formula is C16H18Cl2N4O. The molecule has 0 bridgehead atoms. The van der Waals surface area contributed by atoms with Crippen LogP contribution < -0.4 is 10.6 Å². The molecule has 0 saturated heterocycles. The van der Waals surface area contributed by atoms with E-state index in [-0.39, 0.29) is 5.91 Å². The van der Waals surface area contributed by atoms with Crippen LogP contribution in [-0.2, 0) is 0 Å². The fourth-order valence-corrected chi connectivity index (χ4v) is 2.35. The van der Waals surface area contributed by atoms with E-state index < -0.39 is 0 Å². The van der Waals surface area contributed by atoms with Crippen LogP contribution in [0.2, 0.25) is 10.0 Å². The molecule has 0 aliphatic rings. The first-order chi connectivity index (χ1) is 11.1. The normalized spacial score (nSPS) is 10.4. The summed E-state index contributed by atoms with van der Waals surface area (Å²) in [6.45, 7) is 2.97. The van der Waals surface area contributed by atoms with E-state index in [0.29, 0.717) is 27.2 Å². The SMILES string of the molecule is CCCCCNc1ncc(C(=O)Nc2ccc(Cl)cc2Cl)cn1. The minimum atomic E-state index is -0.327. The Morgan fingerprint density at radius 1 is 1.17 bits per heavy atom. The van der Waals surface area contributed by atoms with E-state index in [1.165, 1.54) is 12.4 Å². The molecule has 122 valence electrons. The van der Waals surface area contributed by atoms with E-state index in [2.05, 4.69) is 27.5 Å². The summed E-state index contributed by atoms with van der Waals surface area (Å²) < 4.78 is 0. The van der Waals surface area contributed by atoms with Crippen LogP contribution in [0.25, 0.3) is 0 Å². The summed E-state index contributed by atoms with van der Waals surface area (Å²) in [7, 11) is 0. The van der Waals surface area contributed by atoms with Gasteiger partial charge in [-0.15, -0.1) is 0 Å². The Labute approximate surface area is 145 Å². The molecule has 1 aromatic carbocycles. The minimum Gasteiger partial charge on any atom is -0.354 e. The lowest BCUT2D eigenvalue weighted by Gasteiger charge is -2.08. The predicted octanol–water partition coefficient (Wildman–Crippen LogP) is 4.64.